The van der Waals surface area contributed by atoms with Crippen molar-refractivity contribution in [2.45, 2.75) is 12.2 Å². The molecule has 0 saturated heterocycles. The largest absolute Gasteiger partial charge is 0.513 e. The van der Waals surface area contributed by atoms with Crippen molar-refractivity contribution in [3.05, 3.63) is 71.8 Å². The summed E-state index contributed by atoms with van der Waals surface area (Å²) >= 11 is 0. The first-order valence-corrected chi connectivity index (χ1v) is 11.0. The van der Waals surface area contributed by atoms with Crippen LogP contribution < -0.4 is 9.47 Å². The highest BCUT2D eigenvalue weighted by Crippen LogP contribution is 2.16. The van der Waals surface area contributed by atoms with Crippen LogP contribution in [0.2, 0.25) is 0 Å². The third-order valence-electron chi connectivity index (χ3n) is 4.57. The highest BCUT2D eigenvalue weighted by Gasteiger charge is 2.40. The first-order chi connectivity index (χ1) is 19.0. The van der Waals surface area contributed by atoms with Crippen molar-refractivity contribution >= 4 is 48.3 Å². The molecule has 40 heavy (non-hydrogen) atoms. The number of rotatable bonds is 11. The van der Waals surface area contributed by atoms with Gasteiger partial charge in [-0.1, -0.05) is 24.3 Å². The van der Waals surface area contributed by atoms with E-state index in [4.69, 9.17) is 18.9 Å². The number of carbonyl (C=O) groups is 6. The molecule has 0 bridgehead atoms. The molecule has 0 saturated carbocycles. The highest BCUT2D eigenvalue weighted by molar-refractivity contribution is 5.93. The number of carboxylic acid groups (broad SMARTS) is 2. The fourth-order valence-corrected chi connectivity index (χ4v) is 2.71. The van der Waals surface area contributed by atoms with Crippen LogP contribution in [0.4, 0.5) is 9.59 Å². The zero-order valence-corrected chi connectivity index (χ0v) is 20.9. The maximum atomic E-state index is 12.2. The van der Waals surface area contributed by atoms with E-state index in [9.17, 15) is 39.0 Å². The zero-order chi connectivity index (χ0) is 29.7. The molecule has 2 rings (SSSR count). The van der Waals surface area contributed by atoms with Crippen LogP contribution in [0.15, 0.2) is 60.7 Å². The summed E-state index contributed by atoms with van der Waals surface area (Å²) in [5.41, 5.74) is 0.828. The molecule has 0 aliphatic rings. The van der Waals surface area contributed by atoms with Crippen molar-refractivity contribution in [1.82, 2.24) is 0 Å². The van der Waals surface area contributed by atoms with Crippen LogP contribution in [-0.2, 0) is 38.1 Å². The van der Waals surface area contributed by atoms with Gasteiger partial charge in [-0.05, 0) is 47.5 Å². The second kappa shape index (κ2) is 14.9. The fraction of sp³-hybridized carbons (Fsp3) is 0.154. The Bertz CT molecular complexity index is 1190. The first kappa shape index (κ1) is 30.6. The molecule has 2 atom stereocenters. The Morgan fingerprint density at radius 2 is 0.925 bits per heavy atom. The molecule has 0 amide bonds. The molecule has 2 N–H and O–H groups in total. The van der Waals surface area contributed by atoms with Crippen LogP contribution in [0.1, 0.15) is 11.1 Å². The van der Waals surface area contributed by atoms with E-state index in [-0.39, 0.29) is 11.5 Å². The van der Waals surface area contributed by atoms with Gasteiger partial charge in [0.2, 0.25) is 12.2 Å². The molecule has 0 fully saturated rings. The maximum Gasteiger partial charge on any atom is 0.513 e. The van der Waals surface area contributed by atoms with E-state index < -0.39 is 48.4 Å². The third kappa shape index (κ3) is 10.0. The topological polar surface area (TPSA) is 198 Å². The molecule has 0 radical (unpaired) electrons. The molecule has 0 heterocycles. The summed E-state index contributed by atoms with van der Waals surface area (Å²) in [5.74, 6) is -5.93. The molecule has 2 aromatic rings. The molecule has 2 aromatic carbocycles. The van der Waals surface area contributed by atoms with E-state index >= 15 is 0 Å². The van der Waals surface area contributed by atoms with E-state index in [2.05, 4.69) is 9.47 Å². The molecule has 0 aliphatic carbocycles. The van der Waals surface area contributed by atoms with Crippen molar-refractivity contribution < 1.29 is 67.4 Å². The summed E-state index contributed by atoms with van der Waals surface area (Å²) in [6, 6.07) is 11.4. The van der Waals surface area contributed by atoms with Gasteiger partial charge in [0.25, 0.3) is 0 Å². The summed E-state index contributed by atoms with van der Waals surface area (Å²) < 4.78 is 27.8. The summed E-state index contributed by atoms with van der Waals surface area (Å²) in [6.07, 6.45) is -2.55. The second-order valence-corrected chi connectivity index (χ2v) is 7.31. The SMILES string of the molecule is COC(=O)Oc1ccc(/C=C/C(=O)O[C@@H](C(=O)O)[C@@H](OC(=O)/C=C/c2ccc(OC(=O)OC)cc2)C(=O)O)cc1. The Labute approximate surface area is 225 Å². The van der Waals surface area contributed by atoms with Crippen LogP contribution >= 0.6 is 0 Å². The van der Waals surface area contributed by atoms with Gasteiger partial charge in [0.1, 0.15) is 11.5 Å². The number of hydrogen-bond donors (Lipinski definition) is 2. The Morgan fingerprint density at radius 1 is 0.600 bits per heavy atom. The average molecular weight is 558 g/mol. The van der Waals surface area contributed by atoms with Crippen LogP contribution in [0, 0.1) is 0 Å². The van der Waals surface area contributed by atoms with Crippen molar-refractivity contribution in [1.29, 1.82) is 0 Å². The lowest BCUT2D eigenvalue weighted by Gasteiger charge is -2.19. The van der Waals surface area contributed by atoms with E-state index in [0.717, 1.165) is 26.4 Å². The molecule has 210 valence electrons. The van der Waals surface area contributed by atoms with Crippen LogP contribution in [0.25, 0.3) is 12.2 Å². The Hall–Kier alpha value is -5.66. The van der Waals surface area contributed by atoms with Gasteiger partial charge in [-0.25, -0.2) is 28.8 Å². The van der Waals surface area contributed by atoms with Crippen LogP contribution in [0.3, 0.4) is 0 Å². The van der Waals surface area contributed by atoms with Crippen molar-refractivity contribution in [3.63, 3.8) is 0 Å². The molecular formula is C26H22O14. The van der Waals surface area contributed by atoms with Crippen LogP contribution in [-0.4, -0.2) is 72.8 Å². The lowest BCUT2D eigenvalue weighted by Crippen LogP contribution is -2.45. The van der Waals surface area contributed by atoms with Gasteiger partial charge < -0.3 is 38.6 Å². The molecule has 0 aliphatic heterocycles. The van der Waals surface area contributed by atoms with Crippen molar-refractivity contribution in [3.8, 4) is 11.5 Å². The number of aliphatic carboxylic acids is 2. The minimum atomic E-state index is -2.38. The molecule has 14 nitrogen and oxygen atoms in total. The number of methoxy groups -OCH3 is 2. The van der Waals surface area contributed by atoms with Gasteiger partial charge in [-0.3, -0.25) is 0 Å². The van der Waals surface area contributed by atoms with E-state index in [0.29, 0.717) is 11.1 Å². The smallest absolute Gasteiger partial charge is 0.478 e. The minimum Gasteiger partial charge on any atom is -0.478 e. The number of carboxylic acids is 2. The van der Waals surface area contributed by atoms with E-state index in [1.165, 1.54) is 60.7 Å². The van der Waals surface area contributed by atoms with Crippen molar-refractivity contribution in [2.24, 2.45) is 0 Å². The number of esters is 2. The summed E-state index contributed by atoms with van der Waals surface area (Å²) in [7, 11) is 2.27. The van der Waals surface area contributed by atoms with Gasteiger partial charge in [0.15, 0.2) is 0 Å². The lowest BCUT2D eigenvalue weighted by molar-refractivity contribution is -0.183. The summed E-state index contributed by atoms with van der Waals surface area (Å²) in [6.45, 7) is 0. The van der Waals surface area contributed by atoms with E-state index in [1.807, 2.05) is 0 Å². The van der Waals surface area contributed by atoms with Gasteiger partial charge in [-0.15, -0.1) is 0 Å². The van der Waals surface area contributed by atoms with Gasteiger partial charge in [0, 0.05) is 12.2 Å². The normalized spacial score (nSPS) is 12.2. The van der Waals surface area contributed by atoms with Gasteiger partial charge >= 0.3 is 36.2 Å². The maximum absolute atomic E-state index is 12.2. The number of carbonyl (C=O) groups excluding carboxylic acids is 4. The molecule has 14 heteroatoms. The monoisotopic (exact) mass is 558 g/mol. The quantitative estimate of drug-likeness (QED) is 0.176. The number of hydrogen-bond acceptors (Lipinski definition) is 12. The number of ether oxygens (including phenoxy) is 6. The summed E-state index contributed by atoms with van der Waals surface area (Å²) in [5, 5.41) is 18.8. The Morgan fingerprint density at radius 3 is 1.20 bits per heavy atom. The average Bonchev–Trinajstić information content (AvgIpc) is 2.93. The molecular weight excluding hydrogens is 536 g/mol. The minimum absolute atomic E-state index is 0.155. The van der Waals surface area contributed by atoms with Crippen LogP contribution in [0.5, 0.6) is 11.5 Å². The first-order valence-electron chi connectivity index (χ1n) is 11.0. The van der Waals surface area contributed by atoms with Crippen molar-refractivity contribution in [2.75, 3.05) is 14.2 Å². The molecule has 0 aromatic heterocycles. The standard InChI is InChI=1S/C26H22O14/c1-35-25(33)37-17-9-3-15(4-10-17)7-13-19(27)39-21(23(29)30)22(24(31)32)40-20(28)14-8-16-5-11-18(12-6-16)38-26(34)36-2/h3-14,21-22H,1-2H3,(H,29,30)(H,31,32)/b13-7+,14-8+/t21-,22-/m1/s1. The predicted octanol–water partition coefficient (Wildman–Crippen LogP) is 2.70. The Kier molecular flexibility index (Phi) is 11.4. The molecule has 0 unspecified atom stereocenters. The predicted molar refractivity (Wildman–Crippen MR) is 132 cm³/mol. The fourth-order valence-electron chi connectivity index (χ4n) is 2.71. The number of benzene rings is 2. The third-order valence-corrected chi connectivity index (χ3v) is 4.57. The highest BCUT2D eigenvalue weighted by atomic mass is 16.7. The van der Waals surface area contributed by atoms with E-state index in [1.54, 1.807) is 0 Å². The van der Waals surface area contributed by atoms with Gasteiger partial charge in [-0.2, -0.15) is 0 Å². The second-order valence-electron chi connectivity index (χ2n) is 7.31. The van der Waals surface area contributed by atoms with Gasteiger partial charge in [0.05, 0.1) is 14.2 Å². The summed E-state index contributed by atoms with van der Waals surface area (Å²) in [4.78, 5) is 69.8. The lowest BCUT2D eigenvalue weighted by atomic mass is 10.2. The zero-order valence-electron chi connectivity index (χ0n) is 20.9. The Balaban J connectivity index is 2.03. The molecule has 0 spiro atoms.